The molecule has 1 fully saturated rings. The maximum absolute atomic E-state index is 5.80. The van der Waals surface area contributed by atoms with E-state index in [0.29, 0.717) is 0 Å². The minimum atomic E-state index is -0.208. The van der Waals surface area contributed by atoms with Crippen LogP contribution in [0.2, 0.25) is 4.55 Å². The molecule has 0 amide bonds. The molecule has 1 aliphatic rings. The van der Waals surface area contributed by atoms with E-state index in [-0.39, 0.29) is 19.3 Å². The molecule has 0 N–H and O–H groups in total. The Labute approximate surface area is 76.6 Å². The van der Waals surface area contributed by atoms with Crippen LogP contribution < -0.4 is 0 Å². The van der Waals surface area contributed by atoms with Gasteiger partial charge in [-0.05, 0) is 32.5 Å². The van der Waals surface area contributed by atoms with Crippen molar-refractivity contribution in [3.05, 3.63) is 0 Å². The summed E-state index contributed by atoms with van der Waals surface area (Å²) in [6.45, 7) is 2.58. The second-order valence-electron chi connectivity index (χ2n) is 3.25. The lowest BCUT2D eigenvalue weighted by atomic mass is 10.0. The first-order chi connectivity index (χ1) is 4.83. The Kier molecular flexibility index (Phi) is 4.38. The fourth-order valence-electron chi connectivity index (χ4n) is 1.66. The third-order valence-corrected chi connectivity index (χ3v) is 3.93. The van der Waals surface area contributed by atoms with E-state index in [1.54, 1.807) is 0 Å². The molecule has 56 valence electrons. The van der Waals surface area contributed by atoms with Gasteiger partial charge in [0.2, 0.25) is 0 Å². The fraction of sp³-hybridized carbons (Fsp3) is 1.00. The van der Waals surface area contributed by atoms with Crippen molar-refractivity contribution in [2.45, 2.75) is 17.4 Å². The van der Waals surface area contributed by atoms with Crippen LogP contribution in [0.4, 0.5) is 0 Å². The van der Waals surface area contributed by atoms with Crippen molar-refractivity contribution in [3.8, 4) is 0 Å². The third kappa shape index (κ3) is 2.95. The van der Waals surface area contributed by atoms with Crippen molar-refractivity contribution in [1.82, 2.24) is 4.90 Å². The van der Waals surface area contributed by atoms with E-state index in [0.717, 1.165) is 5.92 Å². The third-order valence-electron chi connectivity index (χ3n) is 2.24. The molecule has 1 unspecified atom stereocenters. The maximum atomic E-state index is 5.80. The molecule has 0 bridgehead atoms. The Morgan fingerprint density at radius 2 is 2.50 bits per heavy atom. The molecule has 1 aliphatic heterocycles. The van der Waals surface area contributed by atoms with Gasteiger partial charge in [0.25, 0.3) is 0 Å². The summed E-state index contributed by atoms with van der Waals surface area (Å²) >= 11 is -0.208. The van der Waals surface area contributed by atoms with Gasteiger partial charge in [-0.25, -0.2) is 0 Å². The molecule has 0 aromatic heterocycles. The zero-order valence-corrected chi connectivity index (χ0v) is 8.82. The fourth-order valence-corrected chi connectivity index (χ4v) is 3.37. The van der Waals surface area contributed by atoms with Gasteiger partial charge in [0, 0.05) is 0 Å². The van der Waals surface area contributed by atoms with Crippen molar-refractivity contribution in [2.24, 2.45) is 5.92 Å². The molecule has 0 aliphatic carbocycles. The molecule has 1 atom stereocenters. The highest BCUT2D eigenvalue weighted by molar-refractivity contribution is 6.93. The number of halogens is 1. The van der Waals surface area contributed by atoms with E-state index in [2.05, 4.69) is 11.9 Å². The summed E-state index contributed by atoms with van der Waals surface area (Å²) in [6, 6.07) is 0. The summed E-state index contributed by atoms with van der Waals surface area (Å²) in [5, 5.41) is 0. The maximum Gasteiger partial charge on any atom is 0.501 e. The standard InChI is InChI=1S/C7H14N.ClH.Mg/c1-7-4-3-5-8(2)6-7;;/h7H,1,3-6H2,2H3;1H;/q;;+1/p-1. The Morgan fingerprint density at radius 3 is 3.10 bits per heavy atom. The number of piperidine rings is 1. The van der Waals surface area contributed by atoms with Crippen LogP contribution in [0.1, 0.15) is 12.8 Å². The van der Waals surface area contributed by atoms with Crippen LogP contribution in [0, 0.1) is 5.92 Å². The zero-order chi connectivity index (χ0) is 7.40. The van der Waals surface area contributed by atoms with Crippen LogP contribution in [0.25, 0.3) is 0 Å². The molecule has 1 heterocycles. The average molecular weight is 172 g/mol. The van der Waals surface area contributed by atoms with E-state index in [9.17, 15) is 0 Å². The number of hydrogen-bond acceptors (Lipinski definition) is 1. The van der Waals surface area contributed by atoms with Crippen LogP contribution >= 0.6 is 9.07 Å². The highest BCUT2D eigenvalue weighted by Crippen LogP contribution is 2.18. The number of rotatable bonds is 2. The van der Waals surface area contributed by atoms with E-state index in [1.165, 1.54) is 30.5 Å². The Hall–Kier alpha value is 1.02. The zero-order valence-electron chi connectivity index (χ0n) is 6.65. The molecule has 0 radical (unpaired) electrons. The van der Waals surface area contributed by atoms with Crippen molar-refractivity contribution < 1.29 is 0 Å². The molecule has 0 aromatic carbocycles. The number of nitrogens with zero attached hydrogens (tertiary/aromatic N) is 1. The van der Waals surface area contributed by atoms with Gasteiger partial charge in [0.15, 0.2) is 0 Å². The van der Waals surface area contributed by atoms with Crippen LogP contribution in [0.5, 0.6) is 0 Å². The second-order valence-corrected chi connectivity index (χ2v) is 5.34. The molecule has 1 rings (SSSR count). The average Bonchev–Trinajstić information content (AvgIpc) is 1.88. The van der Waals surface area contributed by atoms with Crippen molar-refractivity contribution in [2.75, 3.05) is 20.1 Å². The van der Waals surface area contributed by atoms with E-state index >= 15 is 0 Å². The molecule has 1 nitrogen and oxygen atoms in total. The minimum absolute atomic E-state index is 0.208. The largest absolute Gasteiger partial charge is 0.501 e. The van der Waals surface area contributed by atoms with Gasteiger partial charge in [-0.1, -0.05) is 6.42 Å². The van der Waals surface area contributed by atoms with Crippen molar-refractivity contribution in [3.63, 3.8) is 0 Å². The lowest BCUT2D eigenvalue weighted by Gasteiger charge is -2.29. The van der Waals surface area contributed by atoms with Crippen molar-refractivity contribution in [1.29, 1.82) is 0 Å². The lowest BCUT2D eigenvalue weighted by molar-refractivity contribution is 0.222. The highest BCUT2D eigenvalue weighted by atomic mass is 35.5. The van der Waals surface area contributed by atoms with Gasteiger partial charge in [0.05, 0.1) is 0 Å². The van der Waals surface area contributed by atoms with Gasteiger partial charge in [-0.15, -0.1) is 4.55 Å². The van der Waals surface area contributed by atoms with Crippen LogP contribution in [0.3, 0.4) is 0 Å². The summed E-state index contributed by atoms with van der Waals surface area (Å²) < 4.78 is 1.34. The quantitative estimate of drug-likeness (QED) is 0.571. The summed E-state index contributed by atoms with van der Waals surface area (Å²) in [5.74, 6) is 0.933. The lowest BCUT2D eigenvalue weighted by Crippen LogP contribution is -2.32. The smallest absolute Gasteiger partial charge is 0.346 e. The van der Waals surface area contributed by atoms with Gasteiger partial charge < -0.3 is 14.0 Å². The normalized spacial score (nSPS) is 28.0. The van der Waals surface area contributed by atoms with E-state index in [1.807, 2.05) is 0 Å². The topological polar surface area (TPSA) is 3.24 Å². The summed E-state index contributed by atoms with van der Waals surface area (Å²) in [6.07, 6.45) is 2.80. The molecule has 3 heteroatoms. The SMILES string of the molecule is CN1CCCC([CH2][Mg][Cl])C1. The van der Waals surface area contributed by atoms with Crippen LogP contribution in [0.15, 0.2) is 0 Å². The molecule has 0 aromatic rings. The highest BCUT2D eigenvalue weighted by Gasteiger charge is 2.16. The summed E-state index contributed by atoms with van der Waals surface area (Å²) in [7, 11) is 8.01. The second kappa shape index (κ2) is 4.81. The number of likely N-dealkylation sites (tertiary alicyclic amines) is 1. The molecule has 1 saturated heterocycles. The minimum Gasteiger partial charge on any atom is -0.346 e. The predicted octanol–water partition coefficient (Wildman–Crippen LogP) is 1.60. The number of hydrogen-bond donors (Lipinski definition) is 0. The molecule has 0 spiro atoms. The molecule has 0 saturated carbocycles. The van der Waals surface area contributed by atoms with Gasteiger partial charge in [-0.3, -0.25) is 0 Å². The van der Waals surface area contributed by atoms with Crippen LogP contribution in [-0.2, 0) is 0 Å². The van der Waals surface area contributed by atoms with E-state index in [4.69, 9.17) is 9.07 Å². The molecular weight excluding hydrogens is 158 g/mol. The first-order valence-corrected chi connectivity index (χ1v) is 7.21. The summed E-state index contributed by atoms with van der Waals surface area (Å²) in [4.78, 5) is 2.43. The van der Waals surface area contributed by atoms with E-state index < -0.39 is 0 Å². The van der Waals surface area contributed by atoms with Gasteiger partial charge in [-0.2, -0.15) is 0 Å². The monoisotopic (exact) mass is 171 g/mol. The predicted molar refractivity (Wildman–Crippen MR) is 46.6 cm³/mol. The van der Waals surface area contributed by atoms with Crippen molar-refractivity contribution >= 4 is 28.3 Å². The van der Waals surface area contributed by atoms with Gasteiger partial charge >= 0.3 is 19.3 Å². The first-order valence-electron chi connectivity index (χ1n) is 4.07. The molecular formula is C7H14ClMgN. The Morgan fingerprint density at radius 1 is 1.70 bits per heavy atom. The van der Waals surface area contributed by atoms with Crippen LogP contribution in [-0.4, -0.2) is 44.3 Å². The summed E-state index contributed by atoms with van der Waals surface area (Å²) in [5.41, 5.74) is 0. The Bertz CT molecular complexity index is 97.6. The molecule has 10 heavy (non-hydrogen) atoms. The first kappa shape index (κ1) is 9.11. The Balaban J connectivity index is 2.18. The van der Waals surface area contributed by atoms with Gasteiger partial charge in [0.1, 0.15) is 0 Å².